The number of urea groups is 1. The zero-order valence-corrected chi connectivity index (χ0v) is 16.8. The summed E-state index contributed by atoms with van der Waals surface area (Å²) < 4.78 is 27.9. The largest absolute Gasteiger partial charge is 0.349 e. The Morgan fingerprint density at radius 3 is 2.27 bits per heavy atom. The Labute approximate surface area is 175 Å². The van der Waals surface area contributed by atoms with Crippen molar-refractivity contribution in [3.8, 4) is 0 Å². The van der Waals surface area contributed by atoms with E-state index in [1.165, 1.54) is 12.1 Å². The number of carbonyl (C=O) groups excluding carboxylic acids is 2. The van der Waals surface area contributed by atoms with E-state index in [9.17, 15) is 14.0 Å². The van der Waals surface area contributed by atoms with Crippen LogP contribution in [0.1, 0.15) is 41.6 Å². The van der Waals surface area contributed by atoms with Gasteiger partial charge < -0.3 is 16.0 Å². The second-order valence-corrected chi connectivity index (χ2v) is 7.83. The van der Waals surface area contributed by atoms with Crippen LogP contribution in [0.2, 0.25) is 0 Å². The first kappa shape index (κ1) is 21.7. The standard InChI is InChI=1S/C23H27F2N3O2/c24-20-8-6-17(7-9-20)14-26-22(30)27-15-18-10-12-23(25,13-11-18)16-28-21(29)19-4-2-1-3-5-19/h1-9,18H,10-16H2,(H,28,29)(H2,26,27,30). The van der Waals surface area contributed by atoms with Crippen LogP contribution in [0, 0.1) is 11.7 Å². The molecule has 0 radical (unpaired) electrons. The molecule has 0 saturated heterocycles. The lowest BCUT2D eigenvalue weighted by atomic mass is 9.80. The van der Waals surface area contributed by atoms with Crippen LogP contribution in [0.4, 0.5) is 13.6 Å². The van der Waals surface area contributed by atoms with Crippen molar-refractivity contribution in [3.63, 3.8) is 0 Å². The molecule has 2 aromatic carbocycles. The zero-order valence-electron chi connectivity index (χ0n) is 16.8. The molecule has 0 heterocycles. The minimum absolute atomic E-state index is 0.000960. The average molecular weight is 415 g/mol. The van der Waals surface area contributed by atoms with Crippen molar-refractivity contribution < 1.29 is 18.4 Å². The van der Waals surface area contributed by atoms with E-state index in [1.54, 1.807) is 36.4 Å². The predicted octanol–water partition coefficient (Wildman–Crippen LogP) is 3.95. The third-order valence-electron chi connectivity index (χ3n) is 5.52. The Morgan fingerprint density at radius 1 is 0.933 bits per heavy atom. The lowest BCUT2D eigenvalue weighted by Gasteiger charge is -2.34. The summed E-state index contributed by atoms with van der Waals surface area (Å²) in [4.78, 5) is 24.0. The number of amides is 3. The number of hydrogen-bond donors (Lipinski definition) is 3. The molecule has 30 heavy (non-hydrogen) atoms. The Balaban J connectivity index is 1.34. The molecule has 1 fully saturated rings. The average Bonchev–Trinajstić information content (AvgIpc) is 2.77. The molecule has 3 rings (SSSR count). The minimum atomic E-state index is -1.41. The van der Waals surface area contributed by atoms with Crippen molar-refractivity contribution in [2.45, 2.75) is 37.9 Å². The van der Waals surface area contributed by atoms with Gasteiger partial charge in [-0.2, -0.15) is 0 Å². The van der Waals surface area contributed by atoms with Gasteiger partial charge in [0, 0.05) is 18.7 Å². The fraction of sp³-hybridized carbons (Fsp3) is 0.391. The van der Waals surface area contributed by atoms with Crippen LogP contribution in [0.15, 0.2) is 54.6 Å². The van der Waals surface area contributed by atoms with Gasteiger partial charge >= 0.3 is 6.03 Å². The Morgan fingerprint density at radius 2 is 1.60 bits per heavy atom. The summed E-state index contributed by atoms with van der Waals surface area (Å²) >= 11 is 0. The SMILES string of the molecule is O=C(NCc1ccc(F)cc1)NCC1CCC(F)(CNC(=O)c2ccccc2)CC1. The number of halogens is 2. The van der Waals surface area contributed by atoms with Gasteiger partial charge in [0.1, 0.15) is 11.5 Å². The van der Waals surface area contributed by atoms with E-state index < -0.39 is 5.67 Å². The van der Waals surface area contributed by atoms with Crippen LogP contribution in [0.5, 0.6) is 0 Å². The van der Waals surface area contributed by atoms with E-state index in [2.05, 4.69) is 16.0 Å². The molecule has 3 amide bonds. The second-order valence-electron chi connectivity index (χ2n) is 7.83. The summed E-state index contributed by atoms with van der Waals surface area (Å²) in [5.74, 6) is -0.381. The van der Waals surface area contributed by atoms with Crippen molar-refractivity contribution in [3.05, 3.63) is 71.5 Å². The predicted molar refractivity (Wildman–Crippen MR) is 111 cm³/mol. The molecule has 1 aliphatic carbocycles. The number of alkyl halides is 1. The van der Waals surface area contributed by atoms with Gasteiger partial charge in [-0.05, 0) is 61.4 Å². The van der Waals surface area contributed by atoms with Crippen LogP contribution >= 0.6 is 0 Å². The number of rotatable bonds is 7. The van der Waals surface area contributed by atoms with Crippen molar-refractivity contribution in [1.29, 1.82) is 0 Å². The van der Waals surface area contributed by atoms with Gasteiger partial charge in [0.05, 0.1) is 6.54 Å². The molecule has 0 atom stereocenters. The number of hydrogen-bond acceptors (Lipinski definition) is 2. The Kier molecular flexibility index (Phi) is 7.38. The number of nitrogens with one attached hydrogen (secondary N) is 3. The molecule has 1 saturated carbocycles. The first-order chi connectivity index (χ1) is 14.4. The van der Waals surface area contributed by atoms with Crippen LogP contribution in [0.25, 0.3) is 0 Å². The zero-order chi connectivity index (χ0) is 21.4. The highest BCUT2D eigenvalue weighted by atomic mass is 19.1. The van der Waals surface area contributed by atoms with Crippen molar-refractivity contribution in [2.24, 2.45) is 5.92 Å². The van der Waals surface area contributed by atoms with Gasteiger partial charge in [-0.25, -0.2) is 13.6 Å². The highest BCUT2D eigenvalue weighted by molar-refractivity contribution is 5.94. The van der Waals surface area contributed by atoms with Crippen LogP contribution in [-0.4, -0.2) is 30.7 Å². The van der Waals surface area contributed by atoms with E-state index in [0.29, 0.717) is 44.3 Å². The van der Waals surface area contributed by atoms with Gasteiger partial charge in [0.15, 0.2) is 0 Å². The number of benzene rings is 2. The summed E-state index contributed by atoms with van der Waals surface area (Å²) in [6, 6.07) is 14.4. The van der Waals surface area contributed by atoms with Crippen LogP contribution in [0.3, 0.4) is 0 Å². The van der Waals surface area contributed by atoms with Gasteiger partial charge in [-0.1, -0.05) is 30.3 Å². The monoisotopic (exact) mass is 415 g/mol. The first-order valence-corrected chi connectivity index (χ1v) is 10.2. The molecule has 5 nitrogen and oxygen atoms in total. The second kappa shape index (κ2) is 10.2. The van der Waals surface area contributed by atoms with Gasteiger partial charge in [-0.15, -0.1) is 0 Å². The summed E-state index contributed by atoms with van der Waals surface area (Å²) in [5, 5.41) is 8.24. The van der Waals surface area contributed by atoms with Crippen LogP contribution < -0.4 is 16.0 Å². The highest BCUT2D eigenvalue weighted by Crippen LogP contribution is 2.34. The van der Waals surface area contributed by atoms with E-state index in [1.807, 2.05) is 6.07 Å². The van der Waals surface area contributed by atoms with Crippen molar-refractivity contribution >= 4 is 11.9 Å². The lowest BCUT2D eigenvalue weighted by Crippen LogP contribution is -2.44. The summed E-state index contributed by atoms with van der Waals surface area (Å²) in [6.45, 7) is 0.784. The molecular weight excluding hydrogens is 388 g/mol. The summed E-state index contributed by atoms with van der Waals surface area (Å²) in [7, 11) is 0. The van der Waals surface area contributed by atoms with Gasteiger partial charge in [0.2, 0.25) is 0 Å². The van der Waals surface area contributed by atoms with Crippen LogP contribution in [-0.2, 0) is 6.54 Å². The highest BCUT2D eigenvalue weighted by Gasteiger charge is 2.35. The lowest BCUT2D eigenvalue weighted by molar-refractivity contribution is 0.0719. The fourth-order valence-corrected chi connectivity index (χ4v) is 3.59. The normalized spacial score (nSPS) is 20.9. The maximum absolute atomic E-state index is 15.0. The molecule has 0 spiro atoms. The Bertz CT molecular complexity index is 835. The molecule has 3 N–H and O–H groups in total. The molecule has 7 heteroatoms. The Hall–Kier alpha value is -2.96. The smallest absolute Gasteiger partial charge is 0.315 e. The molecule has 0 unspecified atom stereocenters. The summed E-state index contributed by atoms with van der Waals surface area (Å²) in [5.41, 5.74) is -0.0826. The van der Waals surface area contributed by atoms with E-state index >= 15 is 4.39 Å². The van der Waals surface area contributed by atoms with E-state index in [0.717, 1.165) is 5.56 Å². The molecule has 0 bridgehead atoms. The van der Waals surface area contributed by atoms with Gasteiger partial charge in [0.25, 0.3) is 5.91 Å². The maximum Gasteiger partial charge on any atom is 0.315 e. The maximum atomic E-state index is 15.0. The molecule has 1 aliphatic rings. The van der Waals surface area contributed by atoms with E-state index in [4.69, 9.17) is 0 Å². The van der Waals surface area contributed by atoms with Crippen molar-refractivity contribution in [2.75, 3.05) is 13.1 Å². The molecule has 160 valence electrons. The first-order valence-electron chi connectivity index (χ1n) is 10.2. The third-order valence-corrected chi connectivity index (χ3v) is 5.52. The minimum Gasteiger partial charge on any atom is -0.349 e. The molecule has 2 aromatic rings. The third kappa shape index (κ3) is 6.54. The quantitative estimate of drug-likeness (QED) is 0.641. The molecule has 0 aromatic heterocycles. The molecular formula is C23H27F2N3O2. The topological polar surface area (TPSA) is 70.2 Å². The summed E-state index contributed by atoms with van der Waals surface area (Å²) in [6.07, 6.45) is 2.00. The van der Waals surface area contributed by atoms with Crippen molar-refractivity contribution in [1.82, 2.24) is 16.0 Å². The fourth-order valence-electron chi connectivity index (χ4n) is 3.59. The number of carbonyl (C=O) groups is 2. The molecule has 0 aliphatic heterocycles. The van der Waals surface area contributed by atoms with Gasteiger partial charge in [-0.3, -0.25) is 4.79 Å². The van der Waals surface area contributed by atoms with E-state index in [-0.39, 0.29) is 30.2 Å².